The highest BCUT2D eigenvalue weighted by Gasteiger charge is 2.22. The first-order valence-electron chi connectivity index (χ1n) is 9.07. The Morgan fingerprint density at radius 1 is 1.21 bits per heavy atom. The van der Waals surface area contributed by atoms with Gasteiger partial charge in [-0.15, -0.1) is 11.3 Å². The predicted molar refractivity (Wildman–Crippen MR) is 96.1 cm³/mol. The largest absolute Gasteiger partial charge is 0.373 e. The lowest BCUT2D eigenvalue weighted by atomic mass is 10.0. The van der Waals surface area contributed by atoms with E-state index in [2.05, 4.69) is 16.0 Å². The van der Waals surface area contributed by atoms with E-state index in [-0.39, 0.29) is 0 Å². The molecule has 5 heteroatoms. The highest BCUT2D eigenvalue weighted by molar-refractivity contribution is 7.11. The molecule has 2 aliphatic rings. The second-order valence-electron chi connectivity index (χ2n) is 6.83. The molecule has 0 N–H and O–H groups in total. The van der Waals surface area contributed by atoms with E-state index in [1.165, 1.54) is 36.4 Å². The number of hydrogen-bond donors (Lipinski definition) is 0. The predicted octanol–water partition coefficient (Wildman–Crippen LogP) is 3.60. The molecular weight excluding hydrogens is 318 g/mol. The molecule has 0 bridgehead atoms. The van der Waals surface area contributed by atoms with Gasteiger partial charge >= 0.3 is 0 Å². The van der Waals surface area contributed by atoms with Gasteiger partial charge in [-0.2, -0.15) is 0 Å². The number of piperidine rings is 1. The smallest absolute Gasteiger partial charge is 0.107 e. The lowest BCUT2D eigenvalue weighted by Crippen LogP contribution is -2.36. The molecule has 0 radical (unpaired) electrons. The molecule has 0 aromatic carbocycles. The molecule has 4 nitrogen and oxygen atoms in total. The van der Waals surface area contributed by atoms with Crippen molar-refractivity contribution in [3.8, 4) is 0 Å². The zero-order chi connectivity index (χ0) is 16.2. The minimum atomic E-state index is 0.381. The Bertz CT molecular complexity index is 626. The maximum absolute atomic E-state index is 6.05. The topological polar surface area (TPSA) is 38.2 Å². The molecule has 0 atom stereocenters. The van der Waals surface area contributed by atoms with Crippen LogP contribution in [-0.2, 0) is 30.7 Å². The summed E-state index contributed by atoms with van der Waals surface area (Å²) in [7, 11) is 0. The molecule has 1 saturated heterocycles. The molecule has 0 amide bonds. The van der Waals surface area contributed by atoms with Crippen LogP contribution in [0.1, 0.15) is 46.8 Å². The number of likely N-dealkylation sites (tertiary alicyclic amines) is 1. The second-order valence-corrected chi connectivity index (χ2v) is 8.00. The lowest BCUT2D eigenvalue weighted by molar-refractivity contribution is -0.00405. The molecule has 1 fully saturated rings. The minimum Gasteiger partial charge on any atom is -0.373 e. The van der Waals surface area contributed by atoms with Crippen molar-refractivity contribution in [1.82, 2.24) is 14.9 Å². The van der Waals surface area contributed by atoms with Gasteiger partial charge in [0.25, 0.3) is 0 Å². The van der Waals surface area contributed by atoms with E-state index in [0.29, 0.717) is 12.7 Å². The van der Waals surface area contributed by atoms with Crippen molar-refractivity contribution in [3.05, 3.63) is 45.7 Å². The molecule has 0 unspecified atom stereocenters. The quantitative estimate of drug-likeness (QED) is 0.831. The first-order chi connectivity index (χ1) is 11.9. The Hall–Kier alpha value is -1.30. The van der Waals surface area contributed by atoms with Gasteiger partial charge in [-0.05, 0) is 50.2 Å². The molecule has 128 valence electrons. The molecule has 0 spiro atoms. The van der Waals surface area contributed by atoms with Crippen molar-refractivity contribution < 1.29 is 4.74 Å². The molecule has 24 heavy (non-hydrogen) atoms. The maximum Gasteiger partial charge on any atom is 0.107 e. The standard InChI is InChI=1S/C19H25N3OS/c1-2-6-18-17(5-1)21-19(24-18)13-22-10-7-16(8-11-22)23-14-15-4-3-9-20-12-15/h3-4,9,12,16H,1-2,5-8,10-11,13-14H2. The van der Waals surface area contributed by atoms with Gasteiger partial charge in [0.2, 0.25) is 0 Å². The number of aromatic nitrogens is 2. The summed E-state index contributed by atoms with van der Waals surface area (Å²) in [4.78, 5) is 13.1. The minimum absolute atomic E-state index is 0.381. The van der Waals surface area contributed by atoms with Crippen LogP contribution in [0, 0.1) is 0 Å². The second kappa shape index (κ2) is 7.72. The molecule has 1 aliphatic carbocycles. The Balaban J connectivity index is 1.23. The van der Waals surface area contributed by atoms with E-state index >= 15 is 0 Å². The average molecular weight is 343 g/mol. The van der Waals surface area contributed by atoms with Crippen molar-refractivity contribution >= 4 is 11.3 Å². The fraction of sp³-hybridized carbons (Fsp3) is 0.579. The maximum atomic E-state index is 6.05. The van der Waals surface area contributed by atoms with Crippen LogP contribution in [0.25, 0.3) is 0 Å². The summed E-state index contributed by atoms with van der Waals surface area (Å²) in [6.45, 7) is 3.93. The van der Waals surface area contributed by atoms with Crippen molar-refractivity contribution in [3.63, 3.8) is 0 Å². The zero-order valence-electron chi connectivity index (χ0n) is 14.1. The van der Waals surface area contributed by atoms with Gasteiger partial charge in [0, 0.05) is 30.4 Å². The summed E-state index contributed by atoms with van der Waals surface area (Å²) in [6, 6.07) is 4.04. The van der Waals surface area contributed by atoms with Crippen LogP contribution in [0.3, 0.4) is 0 Å². The molecule has 0 saturated carbocycles. The van der Waals surface area contributed by atoms with E-state index in [1.807, 2.05) is 23.6 Å². The Morgan fingerprint density at radius 2 is 2.08 bits per heavy atom. The highest BCUT2D eigenvalue weighted by atomic mass is 32.1. The SMILES string of the molecule is c1cncc(COC2CCN(Cc3nc4c(s3)CCCC4)CC2)c1. The van der Waals surface area contributed by atoms with Crippen LogP contribution in [0.4, 0.5) is 0 Å². The van der Waals surface area contributed by atoms with Crippen LogP contribution < -0.4 is 0 Å². The number of hydrogen-bond acceptors (Lipinski definition) is 5. The van der Waals surface area contributed by atoms with Gasteiger partial charge in [0.1, 0.15) is 5.01 Å². The first-order valence-corrected chi connectivity index (χ1v) is 9.89. The average Bonchev–Trinajstić information content (AvgIpc) is 3.04. The number of aryl methyl sites for hydroxylation is 2. The van der Waals surface area contributed by atoms with E-state index < -0.39 is 0 Å². The number of ether oxygens (including phenoxy) is 1. The van der Waals surface area contributed by atoms with Gasteiger partial charge < -0.3 is 4.74 Å². The third-order valence-electron chi connectivity index (χ3n) is 4.99. The van der Waals surface area contributed by atoms with Crippen LogP contribution >= 0.6 is 11.3 Å². The summed E-state index contributed by atoms with van der Waals surface area (Å²) in [5.74, 6) is 0. The normalized spacial score (nSPS) is 19.3. The van der Waals surface area contributed by atoms with Crippen molar-refractivity contribution in [1.29, 1.82) is 0 Å². The summed E-state index contributed by atoms with van der Waals surface area (Å²) in [6.07, 6.45) is 11.4. The number of thiazole rings is 1. The van der Waals surface area contributed by atoms with Crippen LogP contribution in [-0.4, -0.2) is 34.1 Å². The lowest BCUT2D eigenvalue weighted by Gasteiger charge is -2.31. The molecule has 2 aromatic rings. The van der Waals surface area contributed by atoms with Crippen LogP contribution in [0.5, 0.6) is 0 Å². The zero-order valence-corrected chi connectivity index (χ0v) is 14.9. The highest BCUT2D eigenvalue weighted by Crippen LogP contribution is 2.28. The number of pyridine rings is 1. The van der Waals surface area contributed by atoms with E-state index in [1.54, 1.807) is 11.1 Å². The fourth-order valence-corrected chi connectivity index (χ4v) is 4.80. The molecule has 1 aliphatic heterocycles. The van der Waals surface area contributed by atoms with Gasteiger partial charge in [0.15, 0.2) is 0 Å². The fourth-order valence-electron chi connectivity index (χ4n) is 3.60. The van der Waals surface area contributed by atoms with Gasteiger partial charge in [-0.25, -0.2) is 4.98 Å². The number of nitrogens with zero attached hydrogens (tertiary/aromatic N) is 3. The third kappa shape index (κ3) is 4.02. The van der Waals surface area contributed by atoms with Crippen molar-refractivity contribution in [2.45, 2.75) is 57.8 Å². The van der Waals surface area contributed by atoms with Crippen molar-refractivity contribution in [2.75, 3.05) is 13.1 Å². The number of rotatable bonds is 5. The monoisotopic (exact) mass is 343 g/mol. The van der Waals surface area contributed by atoms with Gasteiger partial charge in [-0.3, -0.25) is 9.88 Å². The Labute approximate surface area is 147 Å². The summed E-state index contributed by atoms with van der Waals surface area (Å²) in [5, 5.41) is 1.32. The van der Waals surface area contributed by atoms with E-state index in [0.717, 1.165) is 38.0 Å². The molecule has 3 heterocycles. The molecular formula is C19H25N3OS. The third-order valence-corrected chi connectivity index (χ3v) is 6.13. The summed E-state index contributed by atoms with van der Waals surface area (Å²) < 4.78 is 6.05. The van der Waals surface area contributed by atoms with Crippen molar-refractivity contribution in [2.24, 2.45) is 0 Å². The first kappa shape index (κ1) is 16.2. The van der Waals surface area contributed by atoms with Gasteiger partial charge in [-0.1, -0.05) is 6.07 Å². The van der Waals surface area contributed by atoms with Crippen LogP contribution in [0.2, 0.25) is 0 Å². The molecule has 2 aromatic heterocycles. The molecule has 4 rings (SSSR count). The van der Waals surface area contributed by atoms with Gasteiger partial charge in [0.05, 0.1) is 24.9 Å². The summed E-state index contributed by atoms with van der Waals surface area (Å²) >= 11 is 1.95. The van der Waals surface area contributed by atoms with E-state index in [9.17, 15) is 0 Å². The summed E-state index contributed by atoms with van der Waals surface area (Å²) in [5.41, 5.74) is 2.55. The number of fused-ring (bicyclic) bond motifs is 1. The van der Waals surface area contributed by atoms with E-state index in [4.69, 9.17) is 9.72 Å². The van der Waals surface area contributed by atoms with Crippen LogP contribution in [0.15, 0.2) is 24.5 Å². The Kier molecular flexibility index (Phi) is 5.21. The Morgan fingerprint density at radius 3 is 2.88 bits per heavy atom.